The van der Waals surface area contributed by atoms with Gasteiger partial charge in [0.15, 0.2) is 6.61 Å². The van der Waals surface area contributed by atoms with E-state index in [9.17, 15) is 4.79 Å². The molecule has 0 aromatic heterocycles. The molecule has 0 saturated carbocycles. The van der Waals surface area contributed by atoms with E-state index in [0.717, 1.165) is 36.6 Å². The summed E-state index contributed by atoms with van der Waals surface area (Å²) in [6.07, 6.45) is 1.57. The minimum atomic E-state index is -0.350. The van der Waals surface area contributed by atoms with E-state index in [0.29, 0.717) is 12.4 Å². The van der Waals surface area contributed by atoms with Gasteiger partial charge >= 0.3 is 0 Å². The van der Waals surface area contributed by atoms with Gasteiger partial charge in [-0.1, -0.05) is 58.4 Å². The highest BCUT2D eigenvalue weighted by Gasteiger charge is 2.09. The fourth-order valence-corrected chi connectivity index (χ4v) is 4.09. The summed E-state index contributed by atoms with van der Waals surface area (Å²) in [5, 5.41) is 6.07. The van der Waals surface area contributed by atoms with Crippen molar-refractivity contribution in [3.8, 4) is 11.5 Å². The molecule has 0 heterocycles. The van der Waals surface area contributed by atoms with Crippen molar-refractivity contribution in [3.63, 3.8) is 0 Å². The molecule has 4 rings (SSSR count). The van der Waals surface area contributed by atoms with Crippen LogP contribution in [0.5, 0.6) is 11.5 Å². The first kappa shape index (κ1) is 23.0. The number of amides is 1. The third-order valence-corrected chi connectivity index (χ3v) is 6.08. The summed E-state index contributed by atoms with van der Waals surface area (Å²) in [6.45, 7) is 0.361. The number of carbonyl (C=O) groups is 1. The largest absolute Gasteiger partial charge is 0.489 e. The molecule has 0 aliphatic carbocycles. The third kappa shape index (κ3) is 6.43. The Hall–Kier alpha value is -3.16. The van der Waals surface area contributed by atoms with Crippen LogP contribution >= 0.6 is 31.9 Å². The minimum Gasteiger partial charge on any atom is -0.489 e. The van der Waals surface area contributed by atoms with Crippen LogP contribution in [0.15, 0.2) is 99.0 Å². The molecule has 0 atom stereocenters. The molecule has 0 aliphatic heterocycles. The Morgan fingerprint density at radius 3 is 2.48 bits per heavy atom. The predicted molar refractivity (Wildman–Crippen MR) is 138 cm³/mol. The average Bonchev–Trinajstić information content (AvgIpc) is 2.84. The summed E-state index contributed by atoms with van der Waals surface area (Å²) in [5.41, 5.74) is 4.43. The monoisotopic (exact) mass is 566 g/mol. The maximum absolute atomic E-state index is 12.1. The number of hydrazone groups is 1. The number of hydrogen-bond donors (Lipinski definition) is 1. The molecule has 0 unspecified atom stereocenters. The van der Waals surface area contributed by atoms with Gasteiger partial charge in [-0.15, -0.1) is 0 Å². The molecule has 4 aromatic carbocycles. The van der Waals surface area contributed by atoms with Gasteiger partial charge in [0.05, 0.1) is 10.7 Å². The fourth-order valence-electron chi connectivity index (χ4n) is 3.10. The van der Waals surface area contributed by atoms with Gasteiger partial charge in [-0.05, 0) is 80.3 Å². The van der Waals surface area contributed by atoms with Crippen LogP contribution in [-0.2, 0) is 11.4 Å². The molecule has 0 aliphatic rings. The number of nitrogens with one attached hydrogen (secondary N) is 1. The Morgan fingerprint density at radius 2 is 1.70 bits per heavy atom. The molecule has 33 heavy (non-hydrogen) atoms. The average molecular weight is 568 g/mol. The molecule has 1 N–H and O–H groups in total. The quantitative estimate of drug-likeness (QED) is 0.196. The summed E-state index contributed by atoms with van der Waals surface area (Å²) < 4.78 is 13.2. The zero-order valence-corrected chi connectivity index (χ0v) is 20.7. The predicted octanol–water partition coefficient (Wildman–Crippen LogP) is 6.47. The van der Waals surface area contributed by atoms with Crippen LogP contribution < -0.4 is 14.9 Å². The van der Waals surface area contributed by atoms with Crippen molar-refractivity contribution in [1.29, 1.82) is 0 Å². The third-order valence-electron chi connectivity index (χ3n) is 4.77. The van der Waals surface area contributed by atoms with Crippen molar-refractivity contribution in [3.05, 3.63) is 105 Å². The topological polar surface area (TPSA) is 59.9 Å². The number of rotatable bonds is 8. The zero-order valence-electron chi connectivity index (χ0n) is 17.5. The minimum absolute atomic E-state index is 0.149. The van der Waals surface area contributed by atoms with Crippen LogP contribution in [0.25, 0.3) is 10.8 Å². The molecule has 4 aromatic rings. The Bertz CT molecular complexity index is 1280. The van der Waals surface area contributed by atoms with Gasteiger partial charge in [0.2, 0.25) is 0 Å². The van der Waals surface area contributed by atoms with Crippen LogP contribution in [-0.4, -0.2) is 18.7 Å². The number of benzene rings is 4. The molecular formula is C26H20Br2N2O3. The lowest BCUT2D eigenvalue weighted by molar-refractivity contribution is -0.123. The second kappa shape index (κ2) is 11.1. The number of fused-ring (bicyclic) bond motifs is 1. The van der Waals surface area contributed by atoms with Crippen molar-refractivity contribution >= 4 is 54.8 Å². The van der Waals surface area contributed by atoms with Gasteiger partial charge in [-0.2, -0.15) is 5.10 Å². The van der Waals surface area contributed by atoms with Crippen LogP contribution in [0.3, 0.4) is 0 Å². The molecule has 1 amide bonds. The van der Waals surface area contributed by atoms with Crippen molar-refractivity contribution in [2.45, 2.75) is 6.61 Å². The van der Waals surface area contributed by atoms with Gasteiger partial charge in [-0.3, -0.25) is 4.79 Å². The Balaban J connectivity index is 1.25. The van der Waals surface area contributed by atoms with E-state index in [1.54, 1.807) is 6.21 Å². The van der Waals surface area contributed by atoms with Gasteiger partial charge in [0.1, 0.15) is 18.1 Å². The number of nitrogens with zero attached hydrogens (tertiary/aromatic N) is 1. The van der Waals surface area contributed by atoms with E-state index in [1.807, 2.05) is 84.9 Å². The number of halogens is 2. The van der Waals surface area contributed by atoms with Crippen LogP contribution in [0.1, 0.15) is 11.1 Å². The second-order valence-corrected chi connectivity index (χ2v) is 8.88. The smallest absolute Gasteiger partial charge is 0.277 e. The Morgan fingerprint density at radius 1 is 0.909 bits per heavy atom. The van der Waals surface area contributed by atoms with E-state index >= 15 is 0 Å². The molecule has 166 valence electrons. The number of carbonyl (C=O) groups excluding carboxylic acids is 1. The number of hydrogen-bond acceptors (Lipinski definition) is 4. The van der Waals surface area contributed by atoms with E-state index in [1.165, 1.54) is 0 Å². The fraction of sp³-hybridized carbons (Fsp3) is 0.0769. The summed E-state index contributed by atoms with van der Waals surface area (Å²) in [7, 11) is 0. The molecule has 0 spiro atoms. The van der Waals surface area contributed by atoms with E-state index < -0.39 is 0 Å². The lowest BCUT2D eigenvalue weighted by atomic mass is 10.1. The van der Waals surface area contributed by atoms with Crippen molar-refractivity contribution in [1.82, 2.24) is 5.43 Å². The zero-order chi connectivity index (χ0) is 23.0. The number of ether oxygens (including phenoxy) is 2. The molecular weight excluding hydrogens is 548 g/mol. The Kier molecular flexibility index (Phi) is 7.75. The summed E-state index contributed by atoms with van der Waals surface area (Å²) in [4.78, 5) is 12.1. The summed E-state index contributed by atoms with van der Waals surface area (Å²) in [6, 6.07) is 27.2. The van der Waals surface area contributed by atoms with Gasteiger partial charge in [0.25, 0.3) is 5.91 Å². The van der Waals surface area contributed by atoms with Crippen LogP contribution in [0, 0.1) is 0 Å². The standard InChI is InChI=1S/C26H20Br2N2O3/c27-21-9-12-23-20(14-21)8-13-24(26(23)28)33-17-25(31)30-29-15-18-6-10-22(11-7-18)32-16-19-4-2-1-3-5-19/h1-15H,16-17H2,(H,30,31)/b29-15+. The normalized spacial score (nSPS) is 11.0. The lowest BCUT2D eigenvalue weighted by Gasteiger charge is -2.10. The molecule has 0 saturated heterocycles. The maximum atomic E-state index is 12.1. The summed E-state index contributed by atoms with van der Waals surface area (Å²) >= 11 is 7.02. The summed E-state index contributed by atoms with van der Waals surface area (Å²) in [5.74, 6) is 1.01. The van der Waals surface area contributed by atoms with E-state index in [2.05, 4.69) is 42.4 Å². The second-order valence-electron chi connectivity index (χ2n) is 7.17. The van der Waals surface area contributed by atoms with Gasteiger partial charge < -0.3 is 9.47 Å². The molecule has 5 nitrogen and oxygen atoms in total. The first-order valence-electron chi connectivity index (χ1n) is 10.2. The van der Waals surface area contributed by atoms with E-state index in [-0.39, 0.29) is 12.5 Å². The van der Waals surface area contributed by atoms with Crippen molar-refractivity contribution in [2.24, 2.45) is 5.10 Å². The first-order chi connectivity index (χ1) is 16.1. The first-order valence-corrected chi connectivity index (χ1v) is 11.8. The molecule has 0 radical (unpaired) electrons. The maximum Gasteiger partial charge on any atom is 0.277 e. The molecule has 7 heteroatoms. The molecule has 0 bridgehead atoms. The van der Waals surface area contributed by atoms with Gasteiger partial charge in [-0.25, -0.2) is 5.43 Å². The molecule has 0 fully saturated rings. The highest BCUT2D eigenvalue weighted by Crippen LogP contribution is 2.34. The highest BCUT2D eigenvalue weighted by molar-refractivity contribution is 9.11. The van der Waals surface area contributed by atoms with Crippen molar-refractivity contribution in [2.75, 3.05) is 6.61 Å². The van der Waals surface area contributed by atoms with Crippen LogP contribution in [0.4, 0.5) is 0 Å². The van der Waals surface area contributed by atoms with Crippen molar-refractivity contribution < 1.29 is 14.3 Å². The van der Waals surface area contributed by atoms with E-state index in [4.69, 9.17) is 9.47 Å². The highest BCUT2D eigenvalue weighted by atomic mass is 79.9. The van der Waals surface area contributed by atoms with Gasteiger partial charge in [0, 0.05) is 4.47 Å². The van der Waals surface area contributed by atoms with Crippen LogP contribution in [0.2, 0.25) is 0 Å². The Labute approximate surface area is 208 Å². The lowest BCUT2D eigenvalue weighted by Crippen LogP contribution is -2.24. The SMILES string of the molecule is O=C(COc1ccc2cc(Br)ccc2c1Br)N/N=C/c1ccc(OCc2ccccc2)cc1.